The molecule has 2 unspecified atom stereocenters. The highest BCUT2D eigenvalue weighted by Crippen LogP contribution is 2.27. The fraction of sp³-hybridized carbons (Fsp3) is 0.667. The lowest BCUT2D eigenvalue weighted by Gasteiger charge is -2.38. The Morgan fingerprint density at radius 3 is 2.76 bits per heavy atom. The van der Waals surface area contributed by atoms with E-state index < -0.39 is 0 Å². The van der Waals surface area contributed by atoms with Crippen molar-refractivity contribution in [3.63, 3.8) is 0 Å². The Hall–Kier alpha value is -0.380. The summed E-state index contributed by atoms with van der Waals surface area (Å²) in [6, 6.07) is 8.02. The quantitative estimate of drug-likeness (QED) is 0.834. The molecule has 0 aliphatic carbocycles. The van der Waals surface area contributed by atoms with E-state index in [1.807, 2.05) is 0 Å². The van der Waals surface area contributed by atoms with Crippen LogP contribution in [0.2, 0.25) is 0 Å². The molecule has 1 heterocycles. The van der Waals surface area contributed by atoms with Crippen LogP contribution in [0.1, 0.15) is 51.7 Å². The van der Waals surface area contributed by atoms with Crippen molar-refractivity contribution in [1.29, 1.82) is 0 Å². The van der Waals surface area contributed by atoms with Gasteiger partial charge in [-0.05, 0) is 49.4 Å². The summed E-state index contributed by atoms with van der Waals surface area (Å²) in [7, 11) is 0. The Kier molecular flexibility index (Phi) is 6.27. The van der Waals surface area contributed by atoms with Crippen LogP contribution in [0.3, 0.4) is 0 Å². The van der Waals surface area contributed by atoms with Gasteiger partial charge in [-0.1, -0.05) is 48.8 Å². The molecule has 2 nitrogen and oxygen atoms in total. The second kappa shape index (κ2) is 7.75. The summed E-state index contributed by atoms with van der Waals surface area (Å²) >= 11 is 3.76. The minimum Gasteiger partial charge on any atom is -0.310 e. The van der Waals surface area contributed by atoms with Gasteiger partial charge in [-0.3, -0.25) is 4.90 Å². The Morgan fingerprint density at radius 1 is 1.33 bits per heavy atom. The number of nitrogens with zero attached hydrogens (tertiary/aromatic N) is 1. The standard InChI is InChI=1S/C18H29BrN2/c1-13(2)20-11-16-7-8-17(18(19)10-16)12-21-9-5-6-14(3)15(21)4/h7-8,10,13-15,20H,5-6,9,11-12H2,1-4H3. The number of hydrogen-bond acceptors (Lipinski definition) is 2. The molecule has 0 bridgehead atoms. The van der Waals surface area contributed by atoms with Crippen LogP contribution in [0, 0.1) is 5.92 Å². The number of hydrogen-bond donors (Lipinski definition) is 1. The molecule has 1 aliphatic rings. The van der Waals surface area contributed by atoms with Crippen molar-refractivity contribution < 1.29 is 0 Å². The molecule has 1 fully saturated rings. The van der Waals surface area contributed by atoms with Crippen LogP contribution < -0.4 is 5.32 Å². The molecular formula is C18H29BrN2. The lowest BCUT2D eigenvalue weighted by molar-refractivity contribution is 0.106. The van der Waals surface area contributed by atoms with Gasteiger partial charge in [-0.15, -0.1) is 0 Å². The van der Waals surface area contributed by atoms with Crippen molar-refractivity contribution in [3.05, 3.63) is 33.8 Å². The zero-order valence-electron chi connectivity index (χ0n) is 13.8. The van der Waals surface area contributed by atoms with E-state index >= 15 is 0 Å². The number of nitrogens with one attached hydrogen (secondary N) is 1. The van der Waals surface area contributed by atoms with Gasteiger partial charge >= 0.3 is 0 Å². The minimum atomic E-state index is 0.527. The van der Waals surface area contributed by atoms with E-state index in [1.54, 1.807) is 0 Å². The van der Waals surface area contributed by atoms with Gasteiger partial charge in [-0.25, -0.2) is 0 Å². The normalized spacial score (nSPS) is 23.7. The van der Waals surface area contributed by atoms with Gasteiger partial charge in [0.25, 0.3) is 0 Å². The first-order chi connectivity index (χ1) is 9.97. The molecule has 0 radical (unpaired) electrons. The second-order valence-electron chi connectivity index (χ2n) is 6.79. The summed E-state index contributed by atoms with van der Waals surface area (Å²) in [4.78, 5) is 2.63. The predicted octanol–water partition coefficient (Wildman–Crippen LogP) is 4.57. The van der Waals surface area contributed by atoms with Crippen molar-refractivity contribution >= 4 is 15.9 Å². The second-order valence-corrected chi connectivity index (χ2v) is 7.65. The first-order valence-corrected chi connectivity index (χ1v) is 9.01. The van der Waals surface area contributed by atoms with Gasteiger partial charge in [0.2, 0.25) is 0 Å². The predicted molar refractivity (Wildman–Crippen MR) is 94.4 cm³/mol. The zero-order valence-corrected chi connectivity index (χ0v) is 15.4. The van der Waals surface area contributed by atoms with E-state index in [-0.39, 0.29) is 0 Å². The summed E-state index contributed by atoms with van der Waals surface area (Å²) in [5.41, 5.74) is 2.75. The third kappa shape index (κ3) is 4.80. The van der Waals surface area contributed by atoms with Crippen LogP contribution in [-0.4, -0.2) is 23.5 Å². The van der Waals surface area contributed by atoms with E-state index in [1.165, 1.54) is 35.0 Å². The maximum Gasteiger partial charge on any atom is 0.0247 e. The third-order valence-corrected chi connectivity index (χ3v) is 5.45. The molecule has 1 saturated heterocycles. The highest BCUT2D eigenvalue weighted by molar-refractivity contribution is 9.10. The van der Waals surface area contributed by atoms with Crippen molar-refractivity contribution in [1.82, 2.24) is 10.2 Å². The zero-order chi connectivity index (χ0) is 15.4. The molecule has 1 aliphatic heterocycles. The highest BCUT2D eigenvalue weighted by atomic mass is 79.9. The topological polar surface area (TPSA) is 15.3 Å². The van der Waals surface area contributed by atoms with Gasteiger partial charge in [0, 0.05) is 29.6 Å². The Bertz CT molecular complexity index is 459. The third-order valence-electron chi connectivity index (χ3n) is 4.71. The van der Waals surface area contributed by atoms with Crippen molar-refractivity contribution in [2.24, 2.45) is 5.92 Å². The molecule has 1 aromatic rings. The van der Waals surface area contributed by atoms with Gasteiger partial charge in [0.05, 0.1) is 0 Å². The Morgan fingerprint density at radius 2 is 2.10 bits per heavy atom. The molecule has 118 valence electrons. The van der Waals surface area contributed by atoms with Crippen LogP contribution in [0.4, 0.5) is 0 Å². The smallest absolute Gasteiger partial charge is 0.0247 e. The summed E-state index contributed by atoms with van der Waals surface area (Å²) in [5.74, 6) is 0.812. The Labute approximate surface area is 138 Å². The van der Waals surface area contributed by atoms with Crippen LogP contribution in [-0.2, 0) is 13.1 Å². The molecule has 1 aromatic carbocycles. The Balaban J connectivity index is 2.00. The lowest BCUT2D eigenvalue weighted by Crippen LogP contribution is -2.41. The van der Waals surface area contributed by atoms with Gasteiger partial charge in [0.15, 0.2) is 0 Å². The van der Waals surface area contributed by atoms with Crippen LogP contribution >= 0.6 is 15.9 Å². The molecule has 0 amide bonds. The van der Waals surface area contributed by atoms with E-state index in [2.05, 4.69) is 72.0 Å². The highest BCUT2D eigenvalue weighted by Gasteiger charge is 2.24. The number of halogens is 1. The summed E-state index contributed by atoms with van der Waals surface area (Å²) < 4.78 is 1.25. The van der Waals surface area contributed by atoms with E-state index in [0.717, 1.165) is 19.0 Å². The average Bonchev–Trinajstić information content (AvgIpc) is 2.44. The number of piperidine rings is 1. The van der Waals surface area contributed by atoms with Gasteiger partial charge in [-0.2, -0.15) is 0 Å². The van der Waals surface area contributed by atoms with Gasteiger partial charge < -0.3 is 5.32 Å². The number of benzene rings is 1. The summed E-state index contributed by atoms with van der Waals surface area (Å²) in [5, 5.41) is 3.47. The van der Waals surface area contributed by atoms with Crippen molar-refractivity contribution in [3.8, 4) is 0 Å². The number of rotatable bonds is 5. The maximum atomic E-state index is 3.76. The first-order valence-electron chi connectivity index (χ1n) is 8.22. The van der Waals surface area contributed by atoms with Crippen LogP contribution in [0.5, 0.6) is 0 Å². The SMILES string of the molecule is CC(C)NCc1ccc(CN2CCCC(C)C2C)c(Br)c1. The van der Waals surface area contributed by atoms with E-state index in [0.29, 0.717) is 12.1 Å². The molecular weight excluding hydrogens is 324 g/mol. The molecule has 1 N–H and O–H groups in total. The molecule has 21 heavy (non-hydrogen) atoms. The largest absolute Gasteiger partial charge is 0.310 e. The van der Waals surface area contributed by atoms with E-state index in [9.17, 15) is 0 Å². The fourth-order valence-corrected chi connectivity index (χ4v) is 3.57. The number of likely N-dealkylation sites (tertiary alicyclic amines) is 1. The molecule has 2 rings (SSSR count). The van der Waals surface area contributed by atoms with Crippen molar-refractivity contribution in [2.75, 3.05) is 6.54 Å². The first kappa shape index (κ1) is 17.0. The molecule has 2 atom stereocenters. The van der Waals surface area contributed by atoms with Gasteiger partial charge in [0.1, 0.15) is 0 Å². The molecule has 0 saturated carbocycles. The molecule has 0 spiro atoms. The van der Waals surface area contributed by atoms with Crippen LogP contribution in [0.15, 0.2) is 22.7 Å². The molecule has 0 aromatic heterocycles. The summed E-state index contributed by atoms with van der Waals surface area (Å²) in [6.07, 6.45) is 2.71. The monoisotopic (exact) mass is 352 g/mol. The molecule has 3 heteroatoms. The summed E-state index contributed by atoms with van der Waals surface area (Å²) in [6.45, 7) is 12.3. The fourth-order valence-electron chi connectivity index (χ4n) is 3.01. The maximum absolute atomic E-state index is 3.76. The van der Waals surface area contributed by atoms with Crippen LogP contribution in [0.25, 0.3) is 0 Å². The average molecular weight is 353 g/mol. The van der Waals surface area contributed by atoms with Crippen molar-refractivity contribution in [2.45, 2.75) is 65.7 Å². The minimum absolute atomic E-state index is 0.527. The van der Waals surface area contributed by atoms with E-state index in [4.69, 9.17) is 0 Å². The lowest BCUT2D eigenvalue weighted by atomic mass is 9.91.